The molecule has 1 radical (unpaired) electrons. The van der Waals surface area contributed by atoms with E-state index in [1.807, 2.05) is 0 Å². The summed E-state index contributed by atoms with van der Waals surface area (Å²) < 4.78 is 0. The zero-order chi connectivity index (χ0) is 13.1. The van der Waals surface area contributed by atoms with Gasteiger partial charge in [0.25, 0.3) is 0 Å². The largest absolute Gasteiger partial charge is 0.298 e. The first-order valence-corrected chi connectivity index (χ1v) is 5.08. The van der Waals surface area contributed by atoms with Crippen LogP contribution >= 0.6 is 0 Å². The first-order valence-electron chi connectivity index (χ1n) is 5.08. The monoisotopic (exact) mass is 239 g/mol. The van der Waals surface area contributed by atoms with Crippen molar-refractivity contribution in [1.29, 1.82) is 0 Å². The van der Waals surface area contributed by atoms with Crippen LogP contribution in [0.25, 0.3) is 10.8 Å². The van der Waals surface area contributed by atoms with Crippen molar-refractivity contribution in [3.05, 3.63) is 46.5 Å². The molecule has 2 aromatic carbocycles. The molecule has 0 atom stereocenters. The van der Waals surface area contributed by atoms with E-state index in [-0.39, 0.29) is 22.3 Å². The van der Waals surface area contributed by atoms with E-state index in [2.05, 4.69) is 6.07 Å². The Balaban J connectivity index is 2.84. The predicted octanol–water partition coefficient (Wildman–Crippen LogP) is 1.89. The summed E-state index contributed by atoms with van der Waals surface area (Å²) in [5, 5.41) is 1.09. The molecule has 0 aliphatic rings. The van der Waals surface area contributed by atoms with Crippen molar-refractivity contribution < 1.29 is 19.2 Å². The van der Waals surface area contributed by atoms with E-state index in [0.29, 0.717) is 35.9 Å². The summed E-state index contributed by atoms with van der Waals surface area (Å²) in [5.74, 6) is 0. The molecule has 0 aliphatic carbocycles. The summed E-state index contributed by atoms with van der Waals surface area (Å²) >= 11 is 0. The third kappa shape index (κ3) is 1.84. The second-order valence-electron chi connectivity index (χ2n) is 3.68. The maximum atomic E-state index is 10.8. The standard InChI is InChI=1S/C14H7O4/c15-5-11-1-9-2-13(7-17)14(8-18)4-10(9)3-12(11)6-16/h1-3,5-8H. The molecule has 4 heteroatoms. The summed E-state index contributed by atoms with van der Waals surface area (Å²) in [4.78, 5) is 43.2. The van der Waals surface area contributed by atoms with Crippen molar-refractivity contribution in [3.63, 3.8) is 0 Å². The smallest absolute Gasteiger partial charge is 0.151 e. The number of hydrogen-bond donors (Lipinski definition) is 0. The lowest BCUT2D eigenvalue weighted by molar-refractivity contribution is 0.109. The predicted molar refractivity (Wildman–Crippen MR) is 64.3 cm³/mol. The van der Waals surface area contributed by atoms with Crippen LogP contribution < -0.4 is 0 Å². The first-order chi connectivity index (χ1) is 8.73. The number of rotatable bonds is 4. The minimum Gasteiger partial charge on any atom is -0.298 e. The van der Waals surface area contributed by atoms with Gasteiger partial charge in [-0.1, -0.05) is 0 Å². The van der Waals surface area contributed by atoms with Gasteiger partial charge >= 0.3 is 0 Å². The summed E-state index contributed by atoms with van der Waals surface area (Å²) in [6, 6.07) is 7.19. The van der Waals surface area contributed by atoms with Gasteiger partial charge < -0.3 is 0 Å². The van der Waals surface area contributed by atoms with Crippen molar-refractivity contribution in [3.8, 4) is 0 Å². The Morgan fingerprint density at radius 1 is 0.722 bits per heavy atom. The second kappa shape index (κ2) is 4.71. The lowest BCUT2D eigenvalue weighted by atomic mass is 9.98. The normalized spacial score (nSPS) is 10.0. The Kier molecular flexibility index (Phi) is 3.10. The minimum atomic E-state index is 0.133. The van der Waals surface area contributed by atoms with Crippen molar-refractivity contribution in [1.82, 2.24) is 0 Å². The SMILES string of the molecule is O=Cc1[c]c2cc(C=O)c(C=O)cc2cc1C=O. The highest BCUT2D eigenvalue weighted by Crippen LogP contribution is 2.21. The zero-order valence-corrected chi connectivity index (χ0v) is 9.17. The van der Waals surface area contributed by atoms with E-state index >= 15 is 0 Å². The molecule has 0 aromatic heterocycles. The summed E-state index contributed by atoms with van der Waals surface area (Å²) in [6.45, 7) is 0. The summed E-state index contributed by atoms with van der Waals surface area (Å²) in [5.41, 5.74) is 0.799. The highest BCUT2D eigenvalue weighted by atomic mass is 16.1. The molecule has 0 amide bonds. The van der Waals surface area contributed by atoms with Crippen LogP contribution in [-0.4, -0.2) is 25.1 Å². The molecular formula is C14H7O4. The molecule has 87 valence electrons. The van der Waals surface area contributed by atoms with Crippen LogP contribution in [0, 0.1) is 6.07 Å². The summed E-state index contributed by atoms with van der Waals surface area (Å²) in [6.07, 6.45) is 2.20. The maximum absolute atomic E-state index is 10.8. The lowest BCUT2D eigenvalue weighted by Crippen LogP contribution is -1.95. The van der Waals surface area contributed by atoms with Gasteiger partial charge in [-0.05, 0) is 29.0 Å². The third-order valence-corrected chi connectivity index (χ3v) is 2.65. The minimum absolute atomic E-state index is 0.133. The van der Waals surface area contributed by atoms with E-state index < -0.39 is 0 Å². The number of benzene rings is 2. The van der Waals surface area contributed by atoms with E-state index in [0.717, 1.165) is 0 Å². The number of hydrogen-bond acceptors (Lipinski definition) is 4. The van der Waals surface area contributed by atoms with E-state index in [4.69, 9.17) is 0 Å². The molecule has 0 fully saturated rings. The average Bonchev–Trinajstić information content (AvgIpc) is 2.43. The Morgan fingerprint density at radius 2 is 1.28 bits per heavy atom. The van der Waals surface area contributed by atoms with Crippen LogP contribution in [0.1, 0.15) is 41.4 Å². The van der Waals surface area contributed by atoms with Crippen molar-refractivity contribution >= 4 is 35.9 Å². The molecule has 2 rings (SSSR count). The van der Waals surface area contributed by atoms with Gasteiger partial charge in [-0.25, -0.2) is 0 Å². The molecule has 0 spiro atoms. The number of aldehydes is 4. The molecule has 0 saturated carbocycles. The van der Waals surface area contributed by atoms with Gasteiger partial charge in [0.2, 0.25) is 0 Å². The van der Waals surface area contributed by atoms with Crippen LogP contribution in [0.15, 0.2) is 18.2 Å². The van der Waals surface area contributed by atoms with E-state index in [1.54, 1.807) is 0 Å². The molecular weight excluding hydrogens is 232 g/mol. The van der Waals surface area contributed by atoms with Gasteiger partial charge in [-0.3, -0.25) is 19.2 Å². The van der Waals surface area contributed by atoms with Crippen molar-refractivity contribution in [2.45, 2.75) is 0 Å². The molecule has 0 saturated heterocycles. The molecule has 0 aliphatic heterocycles. The van der Waals surface area contributed by atoms with Crippen LogP contribution in [0.3, 0.4) is 0 Å². The Morgan fingerprint density at radius 3 is 1.83 bits per heavy atom. The van der Waals surface area contributed by atoms with Crippen LogP contribution in [-0.2, 0) is 0 Å². The van der Waals surface area contributed by atoms with Gasteiger partial charge in [-0.15, -0.1) is 0 Å². The summed E-state index contributed by atoms with van der Waals surface area (Å²) in [7, 11) is 0. The third-order valence-electron chi connectivity index (χ3n) is 2.65. The molecule has 0 bridgehead atoms. The fraction of sp³-hybridized carbons (Fsp3) is 0. The second-order valence-corrected chi connectivity index (χ2v) is 3.68. The quantitative estimate of drug-likeness (QED) is 0.764. The fourth-order valence-electron chi connectivity index (χ4n) is 1.74. The zero-order valence-electron chi connectivity index (χ0n) is 9.17. The first kappa shape index (κ1) is 11.9. The highest BCUT2D eigenvalue weighted by Gasteiger charge is 2.08. The van der Waals surface area contributed by atoms with Crippen molar-refractivity contribution in [2.24, 2.45) is 0 Å². The Bertz CT molecular complexity index is 558. The Labute approximate surface area is 102 Å². The van der Waals surface area contributed by atoms with Gasteiger partial charge in [0.05, 0.1) is 0 Å². The van der Waals surface area contributed by atoms with Crippen molar-refractivity contribution in [2.75, 3.05) is 0 Å². The van der Waals surface area contributed by atoms with Gasteiger partial charge in [-0.2, -0.15) is 0 Å². The number of carbonyl (C=O) groups excluding carboxylic acids is 4. The molecule has 0 heterocycles. The maximum Gasteiger partial charge on any atom is 0.151 e. The molecule has 4 nitrogen and oxygen atoms in total. The Hall–Kier alpha value is -2.62. The van der Waals surface area contributed by atoms with Gasteiger partial charge in [0.1, 0.15) is 0 Å². The highest BCUT2D eigenvalue weighted by molar-refractivity contribution is 6.02. The number of carbonyl (C=O) groups is 4. The molecule has 0 N–H and O–H groups in total. The van der Waals surface area contributed by atoms with Crippen LogP contribution in [0.5, 0.6) is 0 Å². The fourth-order valence-corrected chi connectivity index (χ4v) is 1.74. The van der Waals surface area contributed by atoms with E-state index in [9.17, 15) is 19.2 Å². The molecule has 2 aromatic rings. The topological polar surface area (TPSA) is 68.3 Å². The molecule has 18 heavy (non-hydrogen) atoms. The average molecular weight is 239 g/mol. The van der Waals surface area contributed by atoms with Gasteiger partial charge in [0, 0.05) is 28.3 Å². The van der Waals surface area contributed by atoms with E-state index in [1.165, 1.54) is 18.2 Å². The van der Waals surface area contributed by atoms with Crippen LogP contribution in [0.4, 0.5) is 0 Å². The molecule has 0 unspecified atom stereocenters. The van der Waals surface area contributed by atoms with Crippen LogP contribution in [0.2, 0.25) is 0 Å². The van der Waals surface area contributed by atoms with Gasteiger partial charge in [0.15, 0.2) is 25.1 Å². The number of fused-ring (bicyclic) bond motifs is 1. The lowest BCUT2D eigenvalue weighted by Gasteiger charge is -2.04.